The molecular weight excluding hydrogens is 205 g/mol. The molecule has 78 valence electrons. The van der Waals surface area contributed by atoms with E-state index in [1.165, 1.54) is 6.07 Å². The number of rotatable bonds is 3. The van der Waals surface area contributed by atoms with E-state index in [1.807, 2.05) is 6.92 Å². The summed E-state index contributed by atoms with van der Waals surface area (Å²) in [6.45, 7) is 1.70. The van der Waals surface area contributed by atoms with Crippen molar-refractivity contribution in [2.45, 2.75) is 19.4 Å². The lowest BCUT2D eigenvalue weighted by atomic mass is 9.99. The quantitative estimate of drug-likeness (QED) is 0.814. The maximum Gasteiger partial charge on any atom is 0.142 e. The summed E-state index contributed by atoms with van der Waals surface area (Å²) in [6, 6.07) is 2.34. The van der Waals surface area contributed by atoms with Crippen molar-refractivity contribution in [2.24, 2.45) is 5.73 Å². The summed E-state index contributed by atoms with van der Waals surface area (Å²) in [6.07, 6.45) is 0.597. The molecule has 0 unspecified atom stereocenters. The van der Waals surface area contributed by atoms with Gasteiger partial charge in [-0.1, -0.05) is 24.6 Å². The molecule has 3 N–H and O–H groups in total. The Bertz CT molecular complexity index is 330. The predicted molar refractivity (Wildman–Crippen MR) is 54.8 cm³/mol. The lowest BCUT2D eigenvalue weighted by Crippen LogP contribution is -2.16. The summed E-state index contributed by atoms with van der Waals surface area (Å²) in [4.78, 5) is 0. The van der Waals surface area contributed by atoms with Gasteiger partial charge < -0.3 is 10.8 Å². The fraction of sp³-hybridized carbons (Fsp3) is 0.400. The predicted octanol–water partition coefficient (Wildman–Crippen LogP) is 2.03. The standard InChI is InChI=1S/C10H13ClFNO/c1-2-6-7(9(13)5-14)3-4-8(12)10(6)11/h3-4,9,14H,2,5,13H2,1H3/t9-/m0/s1. The topological polar surface area (TPSA) is 46.2 Å². The minimum atomic E-state index is -0.497. The number of aliphatic hydroxyl groups excluding tert-OH is 1. The van der Waals surface area contributed by atoms with E-state index >= 15 is 0 Å². The minimum Gasteiger partial charge on any atom is -0.394 e. The zero-order valence-corrected chi connectivity index (χ0v) is 8.68. The fourth-order valence-electron chi connectivity index (χ4n) is 1.41. The first-order valence-electron chi connectivity index (χ1n) is 4.45. The third kappa shape index (κ3) is 2.05. The third-order valence-corrected chi connectivity index (χ3v) is 2.59. The monoisotopic (exact) mass is 217 g/mol. The van der Waals surface area contributed by atoms with Crippen molar-refractivity contribution in [2.75, 3.05) is 6.61 Å². The molecule has 0 aliphatic carbocycles. The summed E-state index contributed by atoms with van der Waals surface area (Å²) in [7, 11) is 0. The number of hydrogen-bond donors (Lipinski definition) is 2. The van der Waals surface area contributed by atoms with Gasteiger partial charge in [0, 0.05) is 0 Å². The largest absolute Gasteiger partial charge is 0.394 e. The Morgan fingerprint density at radius 1 is 1.57 bits per heavy atom. The molecule has 0 aliphatic rings. The highest BCUT2D eigenvalue weighted by Crippen LogP contribution is 2.27. The molecule has 1 atom stereocenters. The molecular formula is C10H13ClFNO. The molecule has 1 aromatic rings. The highest BCUT2D eigenvalue weighted by Gasteiger charge is 2.14. The Kier molecular flexibility index (Phi) is 3.86. The van der Waals surface area contributed by atoms with Crippen molar-refractivity contribution in [3.8, 4) is 0 Å². The number of aliphatic hydroxyl groups is 1. The van der Waals surface area contributed by atoms with Crippen LogP contribution in [-0.4, -0.2) is 11.7 Å². The lowest BCUT2D eigenvalue weighted by molar-refractivity contribution is 0.267. The van der Waals surface area contributed by atoms with Crippen molar-refractivity contribution in [3.05, 3.63) is 34.1 Å². The molecule has 0 aliphatic heterocycles. The van der Waals surface area contributed by atoms with Crippen LogP contribution in [0.4, 0.5) is 4.39 Å². The average molecular weight is 218 g/mol. The Labute approximate surface area is 87.5 Å². The number of benzene rings is 1. The Balaban J connectivity index is 3.23. The van der Waals surface area contributed by atoms with Crippen molar-refractivity contribution in [1.82, 2.24) is 0 Å². The van der Waals surface area contributed by atoms with E-state index in [1.54, 1.807) is 6.07 Å². The molecule has 0 aromatic heterocycles. The van der Waals surface area contributed by atoms with E-state index in [-0.39, 0.29) is 11.6 Å². The first kappa shape index (κ1) is 11.4. The molecule has 0 fully saturated rings. The fourth-order valence-corrected chi connectivity index (χ4v) is 1.72. The van der Waals surface area contributed by atoms with Crippen LogP contribution >= 0.6 is 11.6 Å². The molecule has 1 aromatic carbocycles. The first-order valence-corrected chi connectivity index (χ1v) is 4.82. The lowest BCUT2D eigenvalue weighted by Gasteiger charge is -2.15. The van der Waals surface area contributed by atoms with Crippen LogP contribution in [0, 0.1) is 5.82 Å². The normalized spacial score (nSPS) is 12.9. The van der Waals surface area contributed by atoms with Gasteiger partial charge in [-0.05, 0) is 23.6 Å². The van der Waals surface area contributed by atoms with Crippen molar-refractivity contribution >= 4 is 11.6 Å². The van der Waals surface area contributed by atoms with Crippen LogP contribution in [0.5, 0.6) is 0 Å². The molecule has 4 heteroatoms. The van der Waals surface area contributed by atoms with Gasteiger partial charge in [0.1, 0.15) is 5.82 Å². The van der Waals surface area contributed by atoms with Crippen LogP contribution in [0.2, 0.25) is 5.02 Å². The first-order chi connectivity index (χ1) is 6.61. The Morgan fingerprint density at radius 2 is 2.21 bits per heavy atom. The van der Waals surface area contributed by atoms with Crippen LogP contribution in [-0.2, 0) is 6.42 Å². The van der Waals surface area contributed by atoms with Gasteiger partial charge in [0.2, 0.25) is 0 Å². The molecule has 14 heavy (non-hydrogen) atoms. The van der Waals surface area contributed by atoms with E-state index in [0.29, 0.717) is 17.5 Å². The van der Waals surface area contributed by atoms with Crippen LogP contribution in [0.1, 0.15) is 24.1 Å². The summed E-state index contributed by atoms with van der Waals surface area (Å²) in [5, 5.41) is 9.01. The van der Waals surface area contributed by atoms with Gasteiger partial charge >= 0.3 is 0 Å². The van der Waals surface area contributed by atoms with Gasteiger partial charge in [-0.15, -0.1) is 0 Å². The van der Waals surface area contributed by atoms with E-state index < -0.39 is 11.9 Å². The van der Waals surface area contributed by atoms with Gasteiger partial charge in [-0.3, -0.25) is 0 Å². The smallest absolute Gasteiger partial charge is 0.142 e. The van der Waals surface area contributed by atoms with E-state index in [9.17, 15) is 4.39 Å². The maximum absolute atomic E-state index is 13.1. The van der Waals surface area contributed by atoms with Gasteiger partial charge in [0.15, 0.2) is 0 Å². The number of halogens is 2. The highest BCUT2D eigenvalue weighted by atomic mass is 35.5. The molecule has 2 nitrogen and oxygen atoms in total. The van der Waals surface area contributed by atoms with E-state index in [2.05, 4.69) is 0 Å². The molecule has 0 saturated carbocycles. The van der Waals surface area contributed by atoms with Crippen molar-refractivity contribution < 1.29 is 9.50 Å². The van der Waals surface area contributed by atoms with Gasteiger partial charge in [0.05, 0.1) is 17.7 Å². The van der Waals surface area contributed by atoms with Crippen LogP contribution in [0.3, 0.4) is 0 Å². The Hall–Kier alpha value is -0.640. The molecule has 0 saturated heterocycles. The molecule has 0 radical (unpaired) electrons. The molecule has 0 amide bonds. The van der Waals surface area contributed by atoms with Crippen molar-refractivity contribution in [1.29, 1.82) is 0 Å². The highest BCUT2D eigenvalue weighted by molar-refractivity contribution is 6.31. The Morgan fingerprint density at radius 3 is 2.71 bits per heavy atom. The summed E-state index contributed by atoms with van der Waals surface area (Å²) >= 11 is 5.79. The minimum absolute atomic E-state index is 0.105. The van der Waals surface area contributed by atoms with E-state index in [0.717, 1.165) is 0 Å². The molecule has 1 rings (SSSR count). The maximum atomic E-state index is 13.1. The summed E-state index contributed by atoms with van der Waals surface area (Å²) < 4.78 is 13.1. The second kappa shape index (κ2) is 4.73. The van der Waals surface area contributed by atoms with Gasteiger partial charge in [-0.25, -0.2) is 4.39 Å². The van der Waals surface area contributed by atoms with Crippen LogP contribution in [0.15, 0.2) is 12.1 Å². The van der Waals surface area contributed by atoms with Crippen LogP contribution in [0.25, 0.3) is 0 Å². The van der Waals surface area contributed by atoms with E-state index in [4.69, 9.17) is 22.4 Å². The second-order valence-corrected chi connectivity index (χ2v) is 3.45. The molecule has 0 bridgehead atoms. The number of nitrogens with two attached hydrogens (primary N) is 1. The zero-order chi connectivity index (χ0) is 10.7. The van der Waals surface area contributed by atoms with Gasteiger partial charge in [0.25, 0.3) is 0 Å². The summed E-state index contributed by atoms with van der Waals surface area (Å²) in [5.74, 6) is -0.447. The molecule has 0 heterocycles. The third-order valence-electron chi connectivity index (χ3n) is 2.18. The average Bonchev–Trinajstić information content (AvgIpc) is 2.20. The van der Waals surface area contributed by atoms with Crippen LogP contribution < -0.4 is 5.73 Å². The zero-order valence-electron chi connectivity index (χ0n) is 7.93. The van der Waals surface area contributed by atoms with Gasteiger partial charge in [-0.2, -0.15) is 0 Å². The summed E-state index contributed by atoms with van der Waals surface area (Å²) in [5.41, 5.74) is 7.04. The van der Waals surface area contributed by atoms with Crippen molar-refractivity contribution in [3.63, 3.8) is 0 Å². The molecule has 0 spiro atoms. The SMILES string of the molecule is CCc1c([C@@H](N)CO)ccc(F)c1Cl. The number of hydrogen-bond acceptors (Lipinski definition) is 2. The second-order valence-electron chi connectivity index (χ2n) is 3.07.